The van der Waals surface area contributed by atoms with Crippen LogP contribution in [-0.2, 0) is 9.53 Å². The van der Waals surface area contributed by atoms with E-state index < -0.39 is 11.9 Å². The van der Waals surface area contributed by atoms with Crippen molar-refractivity contribution >= 4 is 39.2 Å². The number of anilines is 1. The molecule has 0 fully saturated rings. The van der Waals surface area contributed by atoms with Crippen molar-refractivity contribution in [2.24, 2.45) is 0 Å². The highest BCUT2D eigenvalue weighted by molar-refractivity contribution is 8.76. The van der Waals surface area contributed by atoms with E-state index in [1.165, 1.54) is 18.2 Å². The summed E-state index contributed by atoms with van der Waals surface area (Å²) in [6.07, 6.45) is 0.905. The summed E-state index contributed by atoms with van der Waals surface area (Å²) in [5.74, 6) is 0.111. The van der Waals surface area contributed by atoms with Gasteiger partial charge in [0.05, 0.1) is 6.61 Å². The van der Waals surface area contributed by atoms with E-state index in [9.17, 15) is 9.59 Å². The zero-order valence-corrected chi connectivity index (χ0v) is 13.9. The number of carboxylic acids is 1. The van der Waals surface area contributed by atoms with E-state index in [1.54, 1.807) is 28.7 Å². The molecule has 3 N–H and O–H groups in total. The summed E-state index contributed by atoms with van der Waals surface area (Å²) in [6.45, 7) is 0.703. The Balaban J connectivity index is 2.35. The topological polar surface area (TPSA) is 98.9 Å². The molecule has 0 saturated heterocycles. The fraction of sp³-hybridized carbons (Fsp3) is 0.429. The fourth-order valence-corrected chi connectivity index (χ4v) is 3.49. The summed E-state index contributed by atoms with van der Waals surface area (Å²) >= 11 is 0. The summed E-state index contributed by atoms with van der Waals surface area (Å²) in [7, 11) is 5.02. The lowest BCUT2D eigenvalue weighted by Crippen LogP contribution is -2.11. The van der Waals surface area contributed by atoms with Crippen LogP contribution in [0.5, 0.6) is 5.75 Å². The molecule has 0 aliphatic carbocycles. The van der Waals surface area contributed by atoms with Gasteiger partial charge in [-0.15, -0.1) is 0 Å². The zero-order valence-electron chi connectivity index (χ0n) is 12.2. The molecule has 0 saturated carbocycles. The average molecular weight is 345 g/mol. The first-order valence-corrected chi connectivity index (χ1v) is 9.10. The first-order chi connectivity index (χ1) is 10.5. The van der Waals surface area contributed by atoms with Crippen LogP contribution in [0.2, 0.25) is 0 Å². The molecule has 0 aliphatic heterocycles. The number of rotatable bonds is 10. The van der Waals surface area contributed by atoms with Crippen LogP contribution in [0.4, 0.5) is 5.69 Å². The lowest BCUT2D eigenvalue weighted by atomic mass is 10.2. The smallest absolute Gasteiger partial charge is 0.339 e. The predicted molar refractivity (Wildman–Crippen MR) is 89.5 cm³/mol. The third-order valence-corrected chi connectivity index (χ3v) is 4.98. The average Bonchev–Trinajstić information content (AvgIpc) is 2.48. The summed E-state index contributed by atoms with van der Waals surface area (Å²) in [5.41, 5.74) is 5.72. The number of hydrogen-bond donors (Lipinski definition) is 2. The van der Waals surface area contributed by atoms with Crippen LogP contribution in [0.15, 0.2) is 18.2 Å². The monoisotopic (exact) mass is 345 g/mol. The van der Waals surface area contributed by atoms with Crippen molar-refractivity contribution in [1.29, 1.82) is 0 Å². The molecule has 0 radical (unpaired) electrons. The highest BCUT2D eigenvalue weighted by atomic mass is 33.1. The molecule has 0 atom stereocenters. The van der Waals surface area contributed by atoms with Gasteiger partial charge in [-0.05, 0) is 24.6 Å². The van der Waals surface area contributed by atoms with Gasteiger partial charge in [0.15, 0.2) is 0 Å². The van der Waals surface area contributed by atoms with Crippen LogP contribution < -0.4 is 10.5 Å². The van der Waals surface area contributed by atoms with Crippen LogP contribution in [0.3, 0.4) is 0 Å². The summed E-state index contributed by atoms with van der Waals surface area (Å²) in [4.78, 5) is 22.8. The Morgan fingerprint density at radius 1 is 1.27 bits per heavy atom. The third kappa shape index (κ3) is 7.06. The van der Waals surface area contributed by atoms with Gasteiger partial charge in [0.2, 0.25) is 0 Å². The van der Waals surface area contributed by atoms with E-state index in [1.807, 2.05) is 0 Å². The SMILES string of the molecule is COCCSSCCCC(=O)Oc1ccc(N)cc1C(=O)O. The molecular formula is C14H19NO5S2. The van der Waals surface area contributed by atoms with Crippen molar-refractivity contribution in [3.05, 3.63) is 23.8 Å². The van der Waals surface area contributed by atoms with Gasteiger partial charge in [-0.25, -0.2) is 4.79 Å². The number of nitrogens with two attached hydrogens (primary N) is 1. The van der Waals surface area contributed by atoms with Crippen molar-refractivity contribution in [2.45, 2.75) is 12.8 Å². The first-order valence-electron chi connectivity index (χ1n) is 6.61. The molecule has 22 heavy (non-hydrogen) atoms. The van der Waals surface area contributed by atoms with Crippen molar-refractivity contribution < 1.29 is 24.2 Å². The van der Waals surface area contributed by atoms with Crippen molar-refractivity contribution in [3.8, 4) is 5.75 Å². The van der Waals surface area contributed by atoms with Gasteiger partial charge in [-0.2, -0.15) is 0 Å². The number of carbonyl (C=O) groups excluding carboxylic acids is 1. The van der Waals surface area contributed by atoms with Crippen LogP contribution in [0, 0.1) is 0 Å². The molecule has 0 aromatic heterocycles. The molecule has 1 aromatic rings. The van der Waals surface area contributed by atoms with E-state index in [2.05, 4.69) is 0 Å². The quantitative estimate of drug-likeness (QED) is 0.219. The molecule has 0 heterocycles. The summed E-state index contributed by atoms with van der Waals surface area (Å²) in [5, 5.41) is 9.06. The second-order valence-electron chi connectivity index (χ2n) is 4.28. The van der Waals surface area contributed by atoms with Crippen molar-refractivity contribution in [2.75, 3.05) is 31.0 Å². The van der Waals surface area contributed by atoms with Gasteiger partial charge >= 0.3 is 11.9 Å². The molecule has 1 aromatic carbocycles. The molecule has 6 nitrogen and oxygen atoms in total. The Labute approximate surface area is 137 Å². The minimum absolute atomic E-state index is 0.0221. The van der Waals surface area contributed by atoms with Crippen LogP contribution in [-0.4, -0.2) is 42.3 Å². The Kier molecular flexibility index (Phi) is 8.79. The molecule has 1 rings (SSSR count). The predicted octanol–water partition coefficient (Wildman–Crippen LogP) is 2.68. The highest BCUT2D eigenvalue weighted by Gasteiger charge is 2.14. The third-order valence-electron chi connectivity index (χ3n) is 2.52. The summed E-state index contributed by atoms with van der Waals surface area (Å²) < 4.78 is 10.0. The first kappa shape index (κ1) is 18.7. The number of hydrogen-bond acceptors (Lipinski definition) is 7. The van der Waals surface area contributed by atoms with Gasteiger partial charge in [0, 0.05) is 30.7 Å². The molecule has 0 aliphatic rings. The Bertz CT molecular complexity index is 510. The van der Waals surface area contributed by atoms with Crippen LogP contribution in [0.1, 0.15) is 23.2 Å². The van der Waals surface area contributed by atoms with Crippen LogP contribution in [0.25, 0.3) is 0 Å². The fourth-order valence-electron chi connectivity index (χ4n) is 1.49. The van der Waals surface area contributed by atoms with E-state index >= 15 is 0 Å². The Morgan fingerprint density at radius 3 is 2.68 bits per heavy atom. The van der Waals surface area contributed by atoms with Gasteiger partial charge in [0.25, 0.3) is 0 Å². The van der Waals surface area contributed by atoms with Crippen molar-refractivity contribution in [1.82, 2.24) is 0 Å². The number of carboxylic acid groups (broad SMARTS) is 1. The number of esters is 1. The molecular weight excluding hydrogens is 326 g/mol. The molecule has 8 heteroatoms. The molecule has 0 bridgehead atoms. The lowest BCUT2D eigenvalue weighted by molar-refractivity contribution is -0.134. The second-order valence-corrected chi connectivity index (χ2v) is 6.98. The number of ether oxygens (including phenoxy) is 2. The van der Waals surface area contributed by atoms with Gasteiger partial charge in [-0.1, -0.05) is 21.6 Å². The normalized spacial score (nSPS) is 10.4. The van der Waals surface area contributed by atoms with Gasteiger partial charge in [-0.3, -0.25) is 4.79 Å². The number of benzene rings is 1. The van der Waals surface area contributed by atoms with Crippen molar-refractivity contribution in [3.63, 3.8) is 0 Å². The van der Waals surface area contributed by atoms with E-state index in [-0.39, 0.29) is 17.7 Å². The highest BCUT2D eigenvalue weighted by Crippen LogP contribution is 2.24. The van der Waals surface area contributed by atoms with Gasteiger partial charge in [0.1, 0.15) is 11.3 Å². The maximum atomic E-state index is 11.7. The lowest BCUT2D eigenvalue weighted by Gasteiger charge is -2.08. The molecule has 122 valence electrons. The maximum absolute atomic E-state index is 11.7. The standard InChI is InChI=1S/C14H19NO5S2/c1-19-6-8-22-21-7-2-3-13(16)20-12-5-4-10(15)9-11(12)14(17)18/h4-5,9H,2-3,6-8,15H2,1H3,(H,17,18). The second kappa shape index (κ2) is 10.4. The largest absolute Gasteiger partial charge is 0.478 e. The molecule has 0 spiro atoms. The zero-order chi connectivity index (χ0) is 16.4. The maximum Gasteiger partial charge on any atom is 0.339 e. The number of nitrogen functional groups attached to an aromatic ring is 1. The van der Waals surface area contributed by atoms with Gasteiger partial charge < -0.3 is 20.3 Å². The number of methoxy groups -OCH3 is 1. The minimum Gasteiger partial charge on any atom is -0.478 e. The van der Waals surface area contributed by atoms with E-state index in [0.29, 0.717) is 18.7 Å². The number of aromatic carboxylic acids is 1. The minimum atomic E-state index is -1.18. The van der Waals surface area contributed by atoms with Crippen LogP contribution >= 0.6 is 21.6 Å². The van der Waals surface area contributed by atoms with E-state index in [0.717, 1.165) is 11.5 Å². The number of carbonyl (C=O) groups is 2. The summed E-state index contributed by atoms with van der Waals surface area (Å²) in [6, 6.07) is 4.16. The molecule has 0 amide bonds. The van der Waals surface area contributed by atoms with E-state index in [4.69, 9.17) is 20.3 Å². The Hall–Kier alpha value is -1.38. The molecule has 0 unspecified atom stereocenters. The Morgan fingerprint density at radius 2 is 2.00 bits per heavy atom.